The van der Waals surface area contributed by atoms with Crippen LogP contribution in [0.2, 0.25) is 0 Å². The molecule has 0 amide bonds. The van der Waals surface area contributed by atoms with Crippen molar-refractivity contribution < 1.29 is 30.7 Å². The molecule has 30 heavy (non-hydrogen) atoms. The third kappa shape index (κ3) is 3.76. The molecule has 0 N–H and O–H groups in total. The molecule has 3 aromatic rings. The van der Waals surface area contributed by atoms with E-state index < -0.39 is 21.3 Å². The minimum atomic E-state index is -2.20. The maximum absolute atomic E-state index is 2.50. The molecule has 3 heteroatoms. The Balaban J connectivity index is 0.00000128. The predicted octanol–water partition coefficient (Wildman–Crippen LogP) is 7.15. The third-order valence-corrected chi connectivity index (χ3v) is 14.3. The molecule has 2 aliphatic rings. The number of fused-ring (bicyclic) bond motifs is 3. The van der Waals surface area contributed by atoms with E-state index in [0.29, 0.717) is 3.63 Å². The molecule has 0 fully saturated rings. The summed E-state index contributed by atoms with van der Waals surface area (Å²) in [7, 11) is 0. The first-order valence-electron chi connectivity index (χ1n) is 10.1. The molecular formula is C27H26F2Zr. The second kappa shape index (κ2) is 9.27. The zero-order valence-corrected chi connectivity index (χ0v) is 19.7. The second-order valence-electron chi connectivity index (χ2n) is 7.83. The smallest absolute Gasteiger partial charge is 0.269 e. The van der Waals surface area contributed by atoms with Crippen LogP contribution in [-0.2, 0) is 21.3 Å². The summed E-state index contributed by atoms with van der Waals surface area (Å²) in [4.78, 5) is 0. The molecule has 0 radical (unpaired) electrons. The molecule has 0 saturated carbocycles. The van der Waals surface area contributed by atoms with E-state index in [-0.39, 0.29) is 9.41 Å². The van der Waals surface area contributed by atoms with E-state index in [2.05, 4.69) is 105 Å². The van der Waals surface area contributed by atoms with Gasteiger partial charge in [-0.25, -0.2) is 0 Å². The average molecular weight is 480 g/mol. The molecule has 152 valence electrons. The third-order valence-electron chi connectivity index (χ3n) is 6.13. The van der Waals surface area contributed by atoms with E-state index in [1.807, 2.05) is 0 Å². The van der Waals surface area contributed by atoms with Gasteiger partial charge in [-0.2, -0.15) is 0 Å². The van der Waals surface area contributed by atoms with Crippen LogP contribution in [0.5, 0.6) is 0 Å². The van der Waals surface area contributed by atoms with Crippen LogP contribution in [0, 0.1) is 0 Å². The molecule has 2 aliphatic carbocycles. The van der Waals surface area contributed by atoms with Crippen molar-refractivity contribution in [1.82, 2.24) is 0 Å². The summed E-state index contributed by atoms with van der Waals surface area (Å²) < 4.78 is 3.96. The summed E-state index contributed by atoms with van der Waals surface area (Å²) in [5.74, 6) is 0. The van der Waals surface area contributed by atoms with Crippen molar-refractivity contribution >= 4 is 3.21 Å². The van der Waals surface area contributed by atoms with Crippen molar-refractivity contribution in [3.63, 3.8) is 0 Å². The van der Waals surface area contributed by atoms with E-state index in [0.717, 1.165) is 6.42 Å². The fraction of sp³-hybridized carbons (Fsp3) is 0.148. The Morgan fingerprint density at radius 2 is 1.30 bits per heavy atom. The number of hydrogen-bond donors (Lipinski definition) is 0. The Morgan fingerprint density at radius 3 is 1.83 bits per heavy atom. The van der Waals surface area contributed by atoms with E-state index >= 15 is 0 Å². The van der Waals surface area contributed by atoms with Crippen molar-refractivity contribution in [2.24, 2.45) is 0 Å². The Labute approximate surface area is 184 Å². The van der Waals surface area contributed by atoms with Crippen LogP contribution in [0.1, 0.15) is 40.6 Å². The van der Waals surface area contributed by atoms with Crippen molar-refractivity contribution in [3.05, 3.63) is 117 Å². The van der Waals surface area contributed by atoms with Gasteiger partial charge < -0.3 is 0 Å². The predicted molar refractivity (Wildman–Crippen MR) is 121 cm³/mol. The Morgan fingerprint density at radius 1 is 0.767 bits per heavy atom. The Hall–Kier alpha value is -2.25. The van der Waals surface area contributed by atoms with E-state index in [1.165, 1.54) is 22.3 Å². The van der Waals surface area contributed by atoms with Gasteiger partial charge in [0.25, 0.3) is 0 Å². The minimum Gasteiger partial charge on any atom is -0.269 e. The van der Waals surface area contributed by atoms with Gasteiger partial charge in [-0.15, -0.1) is 0 Å². The largest absolute Gasteiger partial charge is 0.269 e. The van der Waals surface area contributed by atoms with Crippen LogP contribution < -0.4 is 0 Å². The van der Waals surface area contributed by atoms with Crippen LogP contribution in [0.15, 0.2) is 99.9 Å². The van der Waals surface area contributed by atoms with Crippen LogP contribution >= 0.6 is 0 Å². The van der Waals surface area contributed by atoms with Crippen LogP contribution in [0.25, 0.3) is 11.1 Å². The van der Waals surface area contributed by atoms with Gasteiger partial charge in [0, 0.05) is 0 Å². The quantitative estimate of drug-likeness (QED) is 0.374. The number of rotatable bonds is 3. The molecule has 3 aromatic carbocycles. The zero-order valence-electron chi connectivity index (χ0n) is 17.3. The van der Waals surface area contributed by atoms with E-state index in [1.54, 1.807) is 17.6 Å². The number of hydrogen-bond acceptors (Lipinski definition) is 0. The number of benzene rings is 3. The maximum Gasteiger partial charge on any atom is -0.269 e. The first kappa shape index (κ1) is 22.4. The Bertz CT molecular complexity index is 1110. The van der Waals surface area contributed by atoms with Crippen molar-refractivity contribution in [2.75, 3.05) is 0 Å². The molecule has 0 saturated heterocycles. The van der Waals surface area contributed by atoms with Crippen LogP contribution in [-0.4, -0.2) is 3.21 Å². The van der Waals surface area contributed by atoms with Crippen molar-refractivity contribution in [2.45, 2.75) is 23.9 Å². The Kier molecular flexibility index (Phi) is 6.93. The maximum atomic E-state index is 2.50. The first-order chi connectivity index (χ1) is 13.7. The van der Waals surface area contributed by atoms with E-state index in [9.17, 15) is 0 Å². The fourth-order valence-electron chi connectivity index (χ4n) is 4.80. The second-order valence-corrected chi connectivity index (χ2v) is 14.7. The minimum absolute atomic E-state index is 0. The van der Waals surface area contributed by atoms with Gasteiger partial charge in [0.2, 0.25) is 0 Å². The molecule has 0 unspecified atom stereocenters. The van der Waals surface area contributed by atoms with E-state index in [4.69, 9.17) is 0 Å². The zero-order chi connectivity index (χ0) is 19.1. The topological polar surface area (TPSA) is 0 Å². The molecule has 0 atom stereocenters. The van der Waals surface area contributed by atoms with Crippen molar-refractivity contribution in [3.8, 4) is 11.1 Å². The van der Waals surface area contributed by atoms with Gasteiger partial charge >= 0.3 is 176 Å². The summed E-state index contributed by atoms with van der Waals surface area (Å²) in [5, 5.41) is 0. The van der Waals surface area contributed by atoms with Gasteiger partial charge in [0.05, 0.1) is 0 Å². The van der Waals surface area contributed by atoms with Gasteiger partial charge in [-0.1, -0.05) is 0 Å². The number of allylic oxidation sites excluding steroid dienone is 4. The monoisotopic (exact) mass is 478 g/mol. The SMILES string of the molecule is CC1=CC[C](/[Zr](=[C](/C)c2ccccc2)[CH]2c3ccccc3-c3ccccc32)=C1.F.F. The standard InChI is InChI=1S/C13H9.C8H8.C6H7.2FH.Zr/c1-3-7-12-10(5-1)9-11-6-2-4-8-13(11)12;1-2-8-6-4-3-5-7-8;1-6-4-2-3-5-6;;;/h1-9H;3-7H,1H3;4-5H,2H2,1H3;2*1H;. The summed E-state index contributed by atoms with van der Waals surface area (Å²) in [6.07, 6.45) is 6.07. The van der Waals surface area contributed by atoms with Crippen LogP contribution in [0.3, 0.4) is 0 Å². The summed E-state index contributed by atoms with van der Waals surface area (Å²) in [6, 6.07) is 29.3. The molecule has 0 aromatic heterocycles. The summed E-state index contributed by atoms with van der Waals surface area (Å²) >= 11 is -2.20. The molecule has 0 heterocycles. The molecule has 0 bridgehead atoms. The molecular weight excluding hydrogens is 454 g/mol. The van der Waals surface area contributed by atoms with Gasteiger partial charge in [0.1, 0.15) is 0 Å². The average Bonchev–Trinajstić information content (AvgIpc) is 3.31. The molecule has 0 spiro atoms. The summed E-state index contributed by atoms with van der Waals surface area (Å²) in [6.45, 7) is 4.67. The van der Waals surface area contributed by atoms with Gasteiger partial charge in [-0.05, 0) is 0 Å². The first-order valence-corrected chi connectivity index (χ1v) is 13.9. The fourth-order valence-corrected chi connectivity index (χ4v) is 13.6. The van der Waals surface area contributed by atoms with Gasteiger partial charge in [0.15, 0.2) is 0 Å². The number of halogens is 2. The summed E-state index contributed by atoms with van der Waals surface area (Å²) in [5.41, 5.74) is 8.88. The van der Waals surface area contributed by atoms with Crippen molar-refractivity contribution in [1.29, 1.82) is 0 Å². The molecule has 0 nitrogen and oxygen atoms in total. The molecule has 0 aliphatic heterocycles. The molecule has 5 rings (SSSR count). The normalized spacial score (nSPS) is 15.1. The van der Waals surface area contributed by atoms with Crippen LogP contribution in [0.4, 0.5) is 9.41 Å². The van der Waals surface area contributed by atoms with Gasteiger partial charge in [-0.3, -0.25) is 9.41 Å².